The summed E-state index contributed by atoms with van der Waals surface area (Å²) >= 11 is 0. The van der Waals surface area contributed by atoms with E-state index in [0.29, 0.717) is 6.61 Å². The van der Waals surface area contributed by atoms with Gasteiger partial charge in [0.25, 0.3) is 0 Å². The molecule has 1 aliphatic carbocycles. The van der Waals surface area contributed by atoms with E-state index in [1.807, 2.05) is 36.4 Å². The first-order valence-corrected chi connectivity index (χ1v) is 8.81. The molecule has 3 aromatic rings. The van der Waals surface area contributed by atoms with Crippen LogP contribution in [0.25, 0.3) is 17.2 Å². The molecule has 0 aliphatic heterocycles. The lowest BCUT2D eigenvalue weighted by Crippen LogP contribution is -2.14. The van der Waals surface area contributed by atoms with Crippen LogP contribution in [0.4, 0.5) is 0 Å². The van der Waals surface area contributed by atoms with Gasteiger partial charge >= 0.3 is 5.97 Å². The lowest BCUT2D eigenvalue weighted by Gasteiger charge is -2.14. The predicted octanol–water partition coefficient (Wildman–Crippen LogP) is 5.23. The van der Waals surface area contributed by atoms with Crippen molar-refractivity contribution in [1.29, 1.82) is 0 Å². The zero-order valence-electron chi connectivity index (χ0n) is 14.5. The van der Waals surface area contributed by atoms with Crippen LogP contribution in [0.2, 0.25) is 0 Å². The SMILES string of the molecule is C=Cc1ccc(CC(=O)OCC2c3ccccc3-c3ccccc32)cc1. The third kappa shape index (κ3) is 3.06. The van der Waals surface area contributed by atoms with Crippen LogP contribution in [-0.2, 0) is 16.0 Å². The Labute approximate surface area is 153 Å². The first kappa shape index (κ1) is 16.3. The minimum absolute atomic E-state index is 0.106. The Morgan fingerprint density at radius 1 is 0.885 bits per heavy atom. The molecule has 0 saturated carbocycles. The fourth-order valence-electron chi connectivity index (χ4n) is 3.60. The topological polar surface area (TPSA) is 26.3 Å². The molecule has 4 rings (SSSR count). The van der Waals surface area contributed by atoms with Crippen LogP contribution in [0.3, 0.4) is 0 Å². The zero-order chi connectivity index (χ0) is 17.9. The fraction of sp³-hybridized carbons (Fsp3) is 0.125. The molecule has 0 spiro atoms. The smallest absolute Gasteiger partial charge is 0.310 e. The first-order valence-electron chi connectivity index (χ1n) is 8.81. The van der Waals surface area contributed by atoms with Crippen LogP contribution in [0.5, 0.6) is 0 Å². The van der Waals surface area contributed by atoms with Crippen LogP contribution >= 0.6 is 0 Å². The van der Waals surface area contributed by atoms with Gasteiger partial charge in [0, 0.05) is 5.92 Å². The highest BCUT2D eigenvalue weighted by molar-refractivity contribution is 5.79. The summed E-state index contributed by atoms with van der Waals surface area (Å²) in [4.78, 5) is 12.3. The maximum Gasteiger partial charge on any atom is 0.310 e. The molecule has 1 aliphatic rings. The van der Waals surface area contributed by atoms with Crippen molar-refractivity contribution in [2.24, 2.45) is 0 Å². The summed E-state index contributed by atoms with van der Waals surface area (Å²) in [5, 5.41) is 0. The minimum Gasteiger partial charge on any atom is -0.464 e. The molecule has 0 amide bonds. The van der Waals surface area contributed by atoms with Crippen molar-refractivity contribution < 1.29 is 9.53 Å². The van der Waals surface area contributed by atoms with Gasteiger partial charge < -0.3 is 4.74 Å². The van der Waals surface area contributed by atoms with Crippen LogP contribution in [0, 0.1) is 0 Å². The lowest BCUT2D eigenvalue weighted by molar-refractivity contribution is -0.143. The molecule has 2 nitrogen and oxygen atoms in total. The van der Waals surface area contributed by atoms with E-state index < -0.39 is 0 Å². The second-order valence-electron chi connectivity index (χ2n) is 6.53. The minimum atomic E-state index is -0.196. The average molecular weight is 340 g/mol. The van der Waals surface area contributed by atoms with Crippen molar-refractivity contribution in [3.63, 3.8) is 0 Å². The Balaban J connectivity index is 1.47. The third-order valence-corrected chi connectivity index (χ3v) is 4.94. The van der Waals surface area contributed by atoms with E-state index >= 15 is 0 Å². The standard InChI is InChI=1S/C24H20O2/c1-2-17-11-13-18(14-12-17)15-24(25)26-16-23-21-9-5-3-7-19(21)20-8-4-6-10-22(20)23/h2-14,23H,1,15-16H2. The molecule has 0 heterocycles. The van der Waals surface area contributed by atoms with Gasteiger partial charge in [-0.25, -0.2) is 0 Å². The molecule has 0 saturated heterocycles. The monoisotopic (exact) mass is 340 g/mol. The summed E-state index contributed by atoms with van der Waals surface area (Å²) in [6, 6.07) is 24.5. The zero-order valence-corrected chi connectivity index (χ0v) is 14.5. The number of fused-ring (bicyclic) bond motifs is 3. The van der Waals surface area contributed by atoms with Gasteiger partial charge in [-0.15, -0.1) is 0 Å². The van der Waals surface area contributed by atoms with Crippen molar-refractivity contribution in [3.05, 3.63) is 102 Å². The van der Waals surface area contributed by atoms with Crippen LogP contribution < -0.4 is 0 Å². The Kier molecular flexibility index (Phi) is 4.40. The van der Waals surface area contributed by atoms with Crippen LogP contribution in [0.1, 0.15) is 28.2 Å². The molecule has 0 aromatic heterocycles. The number of rotatable bonds is 5. The molecule has 3 aromatic carbocycles. The quantitative estimate of drug-likeness (QED) is 0.595. The van der Waals surface area contributed by atoms with E-state index in [2.05, 4.69) is 43.0 Å². The van der Waals surface area contributed by atoms with Gasteiger partial charge in [0.15, 0.2) is 0 Å². The lowest BCUT2D eigenvalue weighted by atomic mass is 9.98. The maximum absolute atomic E-state index is 12.3. The summed E-state index contributed by atoms with van der Waals surface area (Å²) in [6.45, 7) is 4.11. The number of benzene rings is 3. The van der Waals surface area contributed by atoms with Crippen LogP contribution in [0.15, 0.2) is 79.4 Å². The summed E-state index contributed by atoms with van der Waals surface area (Å²) in [5.41, 5.74) is 6.94. The van der Waals surface area contributed by atoms with Gasteiger partial charge in [-0.1, -0.05) is 85.5 Å². The Hall–Kier alpha value is -3.13. The van der Waals surface area contributed by atoms with Gasteiger partial charge in [0.05, 0.1) is 6.42 Å². The molecule has 0 bridgehead atoms. The fourth-order valence-corrected chi connectivity index (χ4v) is 3.60. The van der Waals surface area contributed by atoms with Crippen LogP contribution in [-0.4, -0.2) is 12.6 Å². The number of carbonyl (C=O) groups is 1. The van der Waals surface area contributed by atoms with E-state index in [0.717, 1.165) is 11.1 Å². The van der Waals surface area contributed by atoms with Gasteiger partial charge in [-0.3, -0.25) is 4.79 Å². The second-order valence-corrected chi connectivity index (χ2v) is 6.53. The maximum atomic E-state index is 12.3. The average Bonchev–Trinajstić information content (AvgIpc) is 3.01. The van der Waals surface area contributed by atoms with Gasteiger partial charge in [0.1, 0.15) is 6.61 Å². The Morgan fingerprint density at radius 2 is 1.46 bits per heavy atom. The number of esters is 1. The van der Waals surface area contributed by atoms with Crippen molar-refractivity contribution in [2.75, 3.05) is 6.61 Å². The molecular formula is C24H20O2. The van der Waals surface area contributed by atoms with Crippen molar-refractivity contribution in [1.82, 2.24) is 0 Å². The number of hydrogen-bond donors (Lipinski definition) is 0. The summed E-state index contributed by atoms with van der Waals surface area (Å²) in [5.74, 6) is -0.0901. The van der Waals surface area contributed by atoms with E-state index in [1.54, 1.807) is 6.08 Å². The van der Waals surface area contributed by atoms with E-state index in [9.17, 15) is 4.79 Å². The summed E-state index contributed by atoms with van der Waals surface area (Å²) in [6.07, 6.45) is 2.07. The second kappa shape index (κ2) is 7.01. The Morgan fingerprint density at radius 3 is 2.04 bits per heavy atom. The van der Waals surface area contributed by atoms with Crippen molar-refractivity contribution in [3.8, 4) is 11.1 Å². The molecule has 2 heteroatoms. The van der Waals surface area contributed by atoms with E-state index in [-0.39, 0.29) is 18.3 Å². The molecule has 128 valence electrons. The predicted molar refractivity (Wildman–Crippen MR) is 105 cm³/mol. The number of hydrogen-bond acceptors (Lipinski definition) is 2. The highest BCUT2D eigenvalue weighted by Crippen LogP contribution is 2.44. The summed E-state index contributed by atoms with van der Waals surface area (Å²) < 4.78 is 5.64. The molecule has 0 fully saturated rings. The van der Waals surface area contributed by atoms with Crippen molar-refractivity contribution >= 4 is 12.0 Å². The van der Waals surface area contributed by atoms with E-state index in [1.165, 1.54) is 22.3 Å². The third-order valence-electron chi connectivity index (χ3n) is 4.94. The number of carbonyl (C=O) groups excluding carboxylic acids is 1. The number of ether oxygens (including phenoxy) is 1. The molecule has 0 atom stereocenters. The first-order chi connectivity index (χ1) is 12.8. The molecule has 0 radical (unpaired) electrons. The van der Waals surface area contributed by atoms with Gasteiger partial charge in [-0.05, 0) is 33.4 Å². The highest BCUT2D eigenvalue weighted by atomic mass is 16.5. The molecule has 0 N–H and O–H groups in total. The largest absolute Gasteiger partial charge is 0.464 e. The molecule has 26 heavy (non-hydrogen) atoms. The normalized spacial score (nSPS) is 12.3. The summed E-state index contributed by atoms with van der Waals surface area (Å²) in [7, 11) is 0. The van der Waals surface area contributed by atoms with Gasteiger partial charge in [0.2, 0.25) is 0 Å². The van der Waals surface area contributed by atoms with Crippen molar-refractivity contribution in [2.45, 2.75) is 12.3 Å². The van der Waals surface area contributed by atoms with Gasteiger partial charge in [-0.2, -0.15) is 0 Å². The molecular weight excluding hydrogens is 320 g/mol. The Bertz CT molecular complexity index is 908. The molecule has 0 unspecified atom stereocenters. The van der Waals surface area contributed by atoms with E-state index in [4.69, 9.17) is 4.74 Å². The highest BCUT2D eigenvalue weighted by Gasteiger charge is 2.28.